The van der Waals surface area contributed by atoms with Crippen LogP contribution < -0.4 is 0 Å². The molecule has 122 valence electrons. The van der Waals surface area contributed by atoms with Crippen LogP contribution in [0.1, 0.15) is 37.5 Å². The van der Waals surface area contributed by atoms with Gasteiger partial charge in [-0.3, -0.25) is 9.59 Å². The molecule has 1 saturated heterocycles. The fraction of sp³-hybridized carbons (Fsp3) is 0.625. The van der Waals surface area contributed by atoms with Gasteiger partial charge in [-0.25, -0.2) is 0 Å². The molecule has 1 unspecified atom stereocenters. The minimum absolute atomic E-state index is 0.00854. The van der Waals surface area contributed by atoms with Crippen LogP contribution in [0.25, 0.3) is 0 Å². The highest BCUT2D eigenvalue weighted by Crippen LogP contribution is 2.30. The van der Waals surface area contributed by atoms with E-state index in [0.29, 0.717) is 6.54 Å². The maximum Gasteiger partial charge on any atom is 0.248 e. The second kappa shape index (κ2) is 7.98. The summed E-state index contributed by atoms with van der Waals surface area (Å²) in [6, 6.07) is 3.73. The van der Waals surface area contributed by atoms with Crippen molar-refractivity contribution in [1.82, 2.24) is 9.80 Å². The van der Waals surface area contributed by atoms with Crippen LogP contribution in [-0.2, 0) is 14.3 Å². The molecule has 6 nitrogen and oxygen atoms in total. The second-order valence-electron chi connectivity index (χ2n) is 5.65. The molecule has 0 aromatic carbocycles. The first-order chi connectivity index (χ1) is 10.6. The zero-order valence-electron chi connectivity index (χ0n) is 13.3. The molecule has 2 amide bonds. The summed E-state index contributed by atoms with van der Waals surface area (Å²) < 4.78 is 10.3. The number of carbonyl (C=O) groups is 2. The van der Waals surface area contributed by atoms with E-state index in [2.05, 4.69) is 0 Å². The number of ether oxygens (including phenoxy) is 1. The summed E-state index contributed by atoms with van der Waals surface area (Å²) in [5.74, 6) is 0.580. The van der Waals surface area contributed by atoms with Crippen molar-refractivity contribution < 1.29 is 18.7 Å². The van der Waals surface area contributed by atoms with Gasteiger partial charge in [-0.2, -0.15) is 0 Å². The Hall–Kier alpha value is -1.82. The van der Waals surface area contributed by atoms with Crippen LogP contribution >= 0.6 is 0 Å². The third-order valence-corrected chi connectivity index (χ3v) is 4.01. The molecule has 0 aliphatic carbocycles. The van der Waals surface area contributed by atoms with Crippen LogP contribution in [0.4, 0.5) is 0 Å². The van der Waals surface area contributed by atoms with E-state index in [-0.39, 0.29) is 31.0 Å². The van der Waals surface area contributed by atoms with Crippen LogP contribution in [0.15, 0.2) is 22.8 Å². The van der Waals surface area contributed by atoms with Crippen molar-refractivity contribution in [3.63, 3.8) is 0 Å². The molecule has 0 radical (unpaired) electrons. The Bertz CT molecular complexity index is 486. The quantitative estimate of drug-likeness (QED) is 0.832. The molecular weight excluding hydrogens is 284 g/mol. The predicted molar refractivity (Wildman–Crippen MR) is 81.1 cm³/mol. The molecule has 1 aromatic heterocycles. The average Bonchev–Trinajstić information content (AvgIpc) is 2.91. The van der Waals surface area contributed by atoms with Gasteiger partial charge in [0.25, 0.3) is 0 Å². The second-order valence-corrected chi connectivity index (χ2v) is 5.65. The monoisotopic (exact) mass is 308 g/mol. The standard InChI is InChI=1S/C16H24N2O4/c1-17(16(20)12-21-2)11-15(19)18-9-5-3-4-7-13(18)14-8-6-10-22-14/h6,8,10,13H,3-5,7,9,11-12H2,1-2H3. The molecule has 1 aliphatic heterocycles. The highest BCUT2D eigenvalue weighted by Gasteiger charge is 2.29. The predicted octanol–water partition coefficient (Wildman–Crippen LogP) is 1.83. The van der Waals surface area contributed by atoms with Crippen LogP contribution in [0.2, 0.25) is 0 Å². The summed E-state index contributed by atoms with van der Waals surface area (Å²) in [7, 11) is 3.09. The Morgan fingerprint density at radius 1 is 1.41 bits per heavy atom. The number of carbonyl (C=O) groups excluding carboxylic acids is 2. The number of rotatable bonds is 5. The summed E-state index contributed by atoms with van der Waals surface area (Å²) in [4.78, 5) is 27.6. The van der Waals surface area contributed by atoms with Crippen LogP contribution in [0, 0.1) is 0 Å². The largest absolute Gasteiger partial charge is 0.467 e. The zero-order chi connectivity index (χ0) is 15.9. The SMILES string of the molecule is COCC(=O)N(C)CC(=O)N1CCCCCC1c1ccco1. The van der Waals surface area contributed by atoms with Crippen molar-refractivity contribution in [3.05, 3.63) is 24.2 Å². The molecular formula is C16H24N2O4. The summed E-state index contributed by atoms with van der Waals surface area (Å²) in [5, 5.41) is 0. The van der Waals surface area contributed by atoms with Gasteiger partial charge >= 0.3 is 0 Å². The lowest BCUT2D eigenvalue weighted by molar-refractivity contribution is -0.142. The van der Waals surface area contributed by atoms with Crippen LogP contribution in [0.3, 0.4) is 0 Å². The van der Waals surface area contributed by atoms with Crippen molar-refractivity contribution in [3.8, 4) is 0 Å². The highest BCUT2D eigenvalue weighted by molar-refractivity contribution is 5.85. The van der Waals surface area contributed by atoms with E-state index in [1.807, 2.05) is 17.0 Å². The first-order valence-electron chi connectivity index (χ1n) is 7.69. The molecule has 0 bridgehead atoms. The molecule has 1 atom stereocenters. The smallest absolute Gasteiger partial charge is 0.248 e. The number of hydrogen-bond acceptors (Lipinski definition) is 4. The van der Waals surface area contributed by atoms with E-state index < -0.39 is 0 Å². The Kier molecular flexibility index (Phi) is 6.00. The minimum atomic E-state index is -0.194. The number of likely N-dealkylation sites (N-methyl/N-ethyl adjacent to an activating group) is 1. The van der Waals surface area contributed by atoms with Crippen LogP contribution in [0.5, 0.6) is 0 Å². The topological polar surface area (TPSA) is 63.0 Å². The van der Waals surface area contributed by atoms with Gasteiger partial charge in [0.15, 0.2) is 0 Å². The zero-order valence-corrected chi connectivity index (χ0v) is 13.3. The fourth-order valence-electron chi connectivity index (χ4n) is 2.80. The fourth-order valence-corrected chi connectivity index (χ4v) is 2.80. The average molecular weight is 308 g/mol. The maximum absolute atomic E-state index is 12.6. The van der Waals surface area contributed by atoms with Gasteiger partial charge in [0.2, 0.25) is 11.8 Å². The Balaban J connectivity index is 2.05. The van der Waals surface area contributed by atoms with Crippen molar-refractivity contribution >= 4 is 11.8 Å². The molecule has 6 heteroatoms. The number of amides is 2. The Morgan fingerprint density at radius 3 is 2.91 bits per heavy atom. The molecule has 1 aliphatic rings. The molecule has 22 heavy (non-hydrogen) atoms. The van der Waals surface area contributed by atoms with E-state index in [4.69, 9.17) is 9.15 Å². The first kappa shape index (κ1) is 16.5. The summed E-state index contributed by atoms with van der Waals surface area (Å²) in [6.45, 7) is 0.765. The Morgan fingerprint density at radius 2 is 2.23 bits per heavy atom. The van der Waals surface area contributed by atoms with Gasteiger partial charge in [0.1, 0.15) is 12.4 Å². The van der Waals surface area contributed by atoms with E-state index in [1.165, 1.54) is 12.0 Å². The van der Waals surface area contributed by atoms with E-state index in [1.54, 1.807) is 13.3 Å². The van der Waals surface area contributed by atoms with Crippen molar-refractivity contribution in [1.29, 1.82) is 0 Å². The lowest BCUT2D eigenvalue weighted by Gasteiger charge is -2.30. The molecule has 1 fully saturated rings. The van der Waals surface area contributed by atoms with Gasteiger partial charge in [-0.05, 0) is 25.0 Å². The number of nitrogens with zero attached hydrogens (tertiary/aromatic N) is 2. The van der Waals surface area contributed by atoms with Crippen molar-refractivity contribution in [2.45, 2.75) is 31.7 Å². The van der Waals surface area contributed by atoms with Gasteiger partial charge in [0, 0.05) is 20.7 Å². The van der Waals surface area contributed by atoms with Crippen molar-refractivity contribution in [2.75, 3.05) is 33.9 Å². The number of furan rings is 1. The third-order valence-electron chi connectivity index (χ3n) is 4.01. The van der Waals surface area contributed by atoms with Crippen LogP contribution in [-0.4, -0.2) is 55.5 Å². The lowest BCUT2D eigenvalue weighted by Crippen LogP contribution is -2.43. The summed E-state index contributed by atoms with van der Waals surface area (Å²) in [6.07, 6.45) is 5.71. The molecule has 1 aromatic rings. The summed E-state index contributed by atoms with van der Waals surface area (Å²) >= 11 is 0. The summed E-state index contributed by atoms with van der Waals surface area (Å²) in [5.41, 5.74) is 0. The number of hydrogen-bond donors (Lipinski definition) is 0. The molecule has 0 spiro atoms. The molecule has 2 rings (SSSR count). The Labute approximate surface area is 131 Å². The third kappa shape index (κ3) is 4.10. The van der Waals surface area contributed by atoms with E-state index >= 15 is 0 Å². The molecule has 0 N–H and O–H groups in total. The van der Waals surface area contributed by atoms with Gasteiger partial charge in [0.05, 0.1) is 18.8 Å². The maximum atomic E-state index is 12.6. The highest BCUT2D eigenvalue weighted by atomic mass is 16.5. The van der Waals surface area contributed by atoms with Gasteiger partial charge in [-0.15, -0.1) is 0 Å². The molecule has 0 saturated carbocycles. The first-order valence-corrected chi connectivity index (χ1v) is 7.69. The van der Waals surface area contributed by atoms with E-state index in [0.717, 1.165) is 31.4 Å². The van der Waals surface area contributed by atoms with Crippen molar-refractivity contribution in [2.24, 2.45) is 0 Å². The van der Waals surface area contributed by atoms with Gasteiger partial charge in [-0.1, -0.05) is 12.8 Å². The number of methoxy groups -OCH3 is 1. The van der Waals surface area contributed by atoms with Gasteiger partial charge < -0.3 is 19.0 Å². The van der Waals surface area contributed by atoms with E-state index in [9.17, 15) is 9.59 Å². The minimum Gasteiger partial charge on any atom is -0.467 e. The number of likely N-dealkylation sites (tertiary alicyclic amines) is 1. The normalized spacial score (nSPS) is 18.8. The lowest BCUT2D eigenvalue weighted by atomic mass is 10.1. The molecule has 2 heterocycles.